The van der Waals surface area contributed by atoms with Crippen LogP contribution < -0.4 is 20.9 Å². The number of hydrogen-bond acceptors (Lipinski definition) is 12. The van der Waals surface area contributed by atoms with Crippen LogP contribution in [0.15, 0.2) is 72.8 Å². The highest BCUT2D eigenvalue weighted by Crippen LogP contribution is 2.29. The van der Waals surface area contributed by atoms with Crippen molar-refractivity contribution in [2.45, 2.75) is 19.3 Å². The Morgan fingerprint density at radius 3 is 2.53 bits per heavy atom. The number of pyridine rings is 1. The van der Waals surface area contributed by atoms with Gasteiger partial charge in [-0.05, 0) is 41.8 Å². The molecule has 0 radical (unpaired) electrons. The van der Waals surface area contributed by atoms with Crippen molar-refractivity contribution >= 4 is 62.5 Å². The number of rotatable bonds is 11. The minimum atomic E-state index is -0.551. The first-order chi connectivity index (χ1) is 21.1. The lowest BCUT2D eigenvalue weighted by Gasteiger charge is -2.28. The van der Waals surface area contributed by atoms with Gasteiger partial charge >= 0.3 is 12.4 Å². The number of anilines is 5. The highest BCUT2D eigenvalue weighted by atomic mass is 32.1. The number of thiazole rings is 1. The topological polar surface area (TPSA) is 134 Å². The predicted molar refractivity (Wildman–Crippen MR) is 167 cm³/mol. The Bertz CT molecular complexity index is 1710. The Hall–Kier alpha value is -4.94. The monoisotopic (exact) mass is 594 g/mol. The van der Waals surface area contributed by atoms with Gasteiger partial charge in [0.2, 0.25) is 5.95 Å². The van der Waals surface area contributed by atoms with E-state index in [2.05, 4.69) is 37.7 Å². The fourth-order valence-corrected chi connectivity index (χ4v) is 5.64. The Kier molecular flexibility index (Phi) is 8.76. The lowest BCUT2D eigenvalue weighted by atomic mass is 10.1. The number of carbonyl (C=O) groups is 2. The number of fused-ring (bicyclic) bond motifs is 1. The molecule has 12 heteroatoms. The molecule has 0 spiro atoms. The second-order valence-electron chi connectivity index (χ2n) is 10.0. The molecular weight excluding hydrogens is 564 g/mol. The van der Waals surface area contributed by atoms with Crippen molar-refractivity contribution in [3.05, 3.63) is 89.6 Å². The largest absolute Gasteiger partial charge is 0.395 e. The van der Waals surface area contributed by atoms with E-state index in [9.17, 15) is 9.59 Å². The third-order valence-corrected chi connectivity index (χ3v) is 7.81. The Morgan fingerprint density at radius 2 is 1.74 bits per heavy atom. The number of nitrogens with one attached hydrogen (secondary N) is 3. The minimum absolute atomic E-state index is 0.128. The van der Waals surface area contributed by atoms with Crippen molar-refractivity contribution in [2.75, 3.05) is 41.7 Å². The molecule has 0 amide bonds. The summed E-state index contributed by atoms with van der Waals surface area (Å²) in [5.41, 5.74) is 4.56. The number of piperazine rings is 1. The van der Waals surface area contributed by atoms with Gasteiger partial charge in [0.15, 0.2) is 5.13 Å². The predicted octanol–water partition coefficient (Wildman–Crippen LogP) is 4.60. The Labute approximate surface area is 252 Å². The first-order valence-corrected chi connectivity index (χ1v) is 14.8. The molecule has 3 N–H and O–H groups in total. The van der Waals surface area contributed by atoms with Crippen molar-refractivity contribution in [2.24, 2.45) is 0 Å². The quantitative estimate of drug-likeness (QED) is 0.113. The summed E-state index contributed by atoms with van der Waals surface area (Å²) in [5.74, 6) is 1.48. The molecule has 6 rings (SSSR count). The van der Waals surface area contributed by atoms with Crippen LogP contribution in [-0.4, -0.2) is 58.6 Å². The zero-order valence-electron chi connectivity index (χ0n) is 23.3. The van der Waals surface area contributed by atoms with Crippen LogP contribution in [0, 0.1) is 0 Å². The summed E-state index contributed by atoms with van der Waals surface area (Å²) in [4.78, 5) is 44.1. The minimum Gasteiger partial charge on any atom is -0.395 e. The molecular formula is C31H30N8O3S. The average Bonchev–Trinajstić information content (AvgIpc) is 3.43. The van der Waals surface area contributed by atoms with E-state index in [1.165, 1.54) is 11.3 Å². The van der Waals surface area contributed by atoms with E-state index in [0.717, 1.165) is 64.9 Å². The van der Waals surface area contributed by atoms with Crippen LogP contribution in [0.4, 0.5) is 28.4 Å². The third kappa shape index (κ3) is 7.48. The summed E-state index contributed by atoms with van der Waals surface area (Å²) in [7, 11) is 0. The molecule has 0 bridgehead atoms. The summed E-state index contributed by atoms with van der Waals surface area (Å²) >= 11 is 1.49. The number of ether oxygens (including phenoxy) is 1. The number of aryl methyl sites for hydroxylation is 1. The zero-order chi connectivity index (χ0) is 29.4. The molecule has 11 nitrogen and oxygen atoms in total. The second-order valence-corrected chi connectivity index (χ2v) is 11.0. The smallest absolute Gasteiger partial charge is 0.313 e. The maximum atomic E-state index is 11.5. The van der Waals surface area contributed by atoms with Crippen molar-refractivity contribution in [1.82, 2.24) is 25.3 Å². The highest BCUT2D eigenvalue weighted by molar-refractivity contribution is 7.21. The van der Waals surface area contributed by atoms with Crippen LogP contribution in [0.3, 0.4) is 0 Å². The van der Waals surface area contributed by atoms with Gasteiger partial charge in [0.05, 0.1) is 12.1 Å². The number of esters is 1. The lowest BCUT2D eigenvalue weighted by molar-refractivity contribution is -0.151. The second kappa shape index (κ2) is 13.4. The van der Waals surface area contributed by atoms with Gasteiger partial charge in [0.1, 0.15) is 22.0 Å². The van der Waals surface area contributed by atoms with Gasteiger partial charge < -0.3 is 25.6 Å². The number of hydrogen-bond donors (Lipinski definition) is 3. The first kappa shape index (κ1) is 28.2. The van der Waals surface area contributed by atoms with Gasteiger partial charge in [-0.3, -0.25) is 9.59 Å². The van der Waals surface area contributed by atoms with Crippen LogP contribution in [0.5, 0.6) is 0 Å². The van der Waals surface area contributed by atoms with Crippen molar-refractivity contribution < 1.29 is 14.3 Å². The summed E-state index contributed by atoms with van der Waals surface area (Å²) < 4.78 is 4.36. The van der Waals surface area contributed by atoms with Crippen molar-refractivity contribution in [1.29, 1.82) is 0 Å². The van der Waals surface area contributed by atoms with Gasteiger partial charge in [-0.15, -0.1) is 0 Å². The zero-order valence-corrected chi connectivity index (χ0v) is 24.1. The van der Waals surface area contributed by atoms with Crippen LogP contribution in [-0.2, 0) is 27.2 Å². The maximum absolute atomic E-state index is 11.5. The third-order valence-electron chi connectivity index (χ3n) is 6.93. The van der Waals surface area contributed by atoms with Gasteiger partial charge in [-0.25, -0.2) is 15.0 Å². The number of nitrogens with zero attached hydrogens (tertiary/aromatic N) is 5. The van der Waals surface area contributed by atoms with Crippen LogP contribution in [0.1, 0.15) is 23.2 Å². The molecule has 4 heterocycles. The van der Waals surface area contributed by atoms with E-state index in [-0.39, 0.29) is 12.9 Å². The van der Waals surface area contributed by atoms with Crippen molar-refractivity contribution in [3.8, 4) is 0 Å². The molecule has 3 aromatic heterocycles. The molecule has 0 saturated carbocycles. The summed E-state index contributed by atoms with van der Waals surface area (Å²) in [6, 6.07) is 23.8. The Balaban J connectivity index is 1.21. The van der Waals surface area contributed by atoms with Crippen LogP contribution in [0.2, 0.25) is 0 Å². The standard InChI is InChI=1S/C31H30N8O3S/c40-20-42-28(41)13-8-21-6-9-23(10-7-21)33-30-34-24(18-22-4-2-1-3-5-22)19-26(36-30)37-31-35-25-11-12-27(38-29(25)43-31)39-16-14-32-15-17-39/h1-7,9-12,19-20,32H,8,13-18H2,(H2,33,34,35,36,37). The molecule has 0 unspecified atom stereocenters. The Morgan fingerprint density at radius 1 is 0.930 bits per heavy atom. The molecule has 2 aromatic carbocycles. The molecule has 5 aromatic rings. The summed E-state index contributed by atoms with van der Waals surface area (Å²) in [5, 5.41) is 10.8. The van der Waals surface area contributed by atoms with Crippen LogP contribution >= 0.6 is 11.3 Å². The van der Waals surface area contributed by atoms with E-state index < -0.39 is 5.97 Å². The van der Waals surface area contributed by atoms with Gasteiger partial charge in [0.25, 0.3) is 0 Å². The molecule has 1 saturated heterocycles. The van der Waals surface area contributed by atoms with E-state index in [4.69, 9.17) is 19.9 Å². The van der Waals surface area contributed by atoms with Gasteiger partial charge in [-0.1, -0.05) is 53.8 Å². The van der Waals surface area contributed by atoms with E-state index >= 15 is 0 Å². The number of carbonyl (C=O) groups excluding carboxylic acids is 2. The van der Waals surface area contributed by atoms with E-state index in [1.54, 1.807) is 0 Å². The summed E-state index contributed by atoms with van der Waals surface area (Å²) in [6.07, 6.45) is 1.24. The first-order valence-electron chi connectivity index (χ1n) is 14.0. The fourth-order valence-electron chi connectivity index (χ4n) is 4.80. The normalized spacial score (nSPS) is 13.1. The molecule has 1 aliphatic rings. The summed E-state index contributed by atoms with van der Waals surface area (Å²) in [6.45, 7) is 3.92. The lowest BCUT2D eigenvalue weighted by Crippen LogP contribution is -2.43. The molecule has 0 aliphatic carbocycles. The SMILES string of the molecule is O=COC(=O)CCc1ccc(Nc2nc(Cc3ccccc3)cc(Nc3nc4ccc(N5CCNCC5)nc4s3)n2)cc1. The molecule has 218 valence electrons. The maximum Gasteiger partial charge on any atom is 0.313 e. The molecule has 43 heavy (non-hydrogen) atoms. The van der Waals surface area contributed by atoms with E-state index in [1.807, 2.05) is 60.7 Å². The van der Waals surface area contributed by atoms with Gasteiger partial charge in [-0.2, -0.15) is 4.98 Å². The number of benzene rings is 2. The van der Waals surface area contributed by atoms with Crippen LogP contribution in [0.25, 0.3) is 10.3 Å². The van der Waals surface area contributed by atoms with E-state index in [0.29, 0.717) is 29.7 Å². The number of aromatic nitrogens is 4. The molecule has 1 aliphatic heterocycles. The van der Waals surface area contributed by atoms with Crippen molar-refractivity contribution in [3.63, 3.8) is 0 Å². The highest BCUT2D eigenvalue weighted by Gasteiger charge is 2.15. The van der Waals surface area contributed by atoms with Gasteiger partial charge in [0, 0.05) is 44.4 Å². The molecule has 1 fully saturated rings. The average molecular weight is 595 g/mol. The molecule has 0 atom stereocenters. The fraction of sp³-hybridized carbons (Fsp3) is 0.226.